The molecule has 0 radical (unpaired) electrons. The predicted octanol–water partition coefficient (Wildman–Crippen LogP) is 21.8. The highest BCUT2D eigenvalue weighted by Crippen LogP contribution is 2.18. The summed E-state index contributed by atoms with van der Waals surface area (Å²) in [5.41, 5.74) is 0. The molecule has 3 N–H and O–H groups in total. The summed E-state index contributed by atoms with van der Waals surface area (Å²) in [6.45, 7) is 4.94. The number of aliphatic hydroxyl groups excluding tert-OH is 2. The normalized spacial score (nSPS) is 12.6. The van der Waals surface area contributed by atoms with Gasteiger partial charge in [-0.2, -0.15) is 0 Å². The summed E-state index contributed by atoms with van der Waals surface area (Å²) in [6, 6.07) is -0.631. The fourth-order valence-electron chi connectivity index (χ4n) is 10.7. The minimum absolute atomic E-state index is 0.0143. The third-order valence-electron chi connectivity index (χ3n) is 16.0. The molecule has 0 spiro atoms. The highest BCUT2D eigenvalue weighted by Gasteiger charge is 2.18. The summed E-state index contributed by atoms with van der Waals surface area (Å²) >= 11 is 0. The van der Waals surface area contributed by atoms with Gasteiger partial charge in [0.05, 0.1) is 25.4 Å². The lowest BCUT2D eigenvalue weighted by Crippen LogP contribution is -2.45. The Labute approximate surface area is 469 Å². The SMILES string of the molecule is CCCCCCCCCCCCCCCCCCCCC/C=C/C(O)C(CO)NC(=O)CCCCCCCCCCC/C=C\CCCCCCCCCCCCCCOC(=O)CCCCCCCCCCCCCC. The minimum Gasteiger partial charge on any atom is -0.466 e. The van der Waals surface area contributed by atoms with E-state index >= 15 is 0 Å². The molecule has 444 valence electrons. The van der Waals surface area contributed by atoms with E-state index in [2.05, 4.69) is 31.3 Å². The van der Waals surface area contributed by atoms with Crippen molar-refractivity contribution in [1.82, 2.24) is 5.32 Å². The molecule has 6 nitrogen and oxygen atoms in total. The summed E-state index contributed by atoms with van der Waals surface area (Å²) in [5.74, 6) is -0.0530. The largest absolute Gasteiger partial charge is 0.466 e. The number of hydrogen-bond acceptors (Lipinski definition) is 5. The van der Waals surface area contributed by atoms with Crippen LogP contribution in [0.25, 0.3) is 0 Å². The maximum absolute atomic E-state index is 12.5. The average Bonchev–Trinajstić information content (AvgIpc) is 3.41. The molecule has 0 aromatic heterocycles. The summed E-state index contributed by atoms with van der Waals surface area (Å²) in [7, 11) is 0. The Kier molecular flexibility index (Phi) is 63.4. The Morgan fingerprint density at radius 1 is 0.360 bits per heavy atom. The van der Waals surface area contributed by atoms with Crippen LogP contribution in [0.3, 0.4) is 0 Å². The van der Waals surface area contributed by atoms with Gasteiger partial charge in [-0.3, -0.25) is 9.59 Å². The van der Waals surface area contributed by atoms with Gasteiger partial charge in [0.25, 0.3) is 0 Å². The molecule has 2 unspecified atom stereocenters. The van der Waals surface area contributed by atoms with Gasteiger partial charge in [0.1, 0.15) is 0 Å². The number of rotatable bonds is 64. The molecule has 0 aliphatic carbocycles. The third-order valence-corrected chi connectivity index (χ3v) is 16.0. The zero-order chi connectivity index (χ0) is 54.3. The van der Waals surface area contributed by atoms with Crippen molar-refractivity contribution in [3.8, 4) is 0 Å². The van der Waals surface area contributed by atoms with Crippen molar-refractivity contribution < 1.29 is 24.5 Å². The molecule has 0 aliphatic rings. The molecule has 1 amide bonds. The second kappa shape index (κ2) is 64.9. The van der Waals surface area contributed by atoms with Gasteiger partial charge in [0.15, 0.2) is 0 Å². The summed E-state index contributed by atoms with van der Waals surface area (Å²) in [6.07, 6.45) is 81.0. The van der Waals surface area contributed by atoms with Gasteiger partial charge < -0.3 is 20.3 Å². The third kappa shape index (κ3) is 61.4. The standard InChI is InChI=1S/C69H133NO5/c1-3-5-7-9-11-13-15-17-18-19-20-26-29-32-35-38-41-45-49-53-57-61-67(72)66(65-71)70-68(73)62-58-54-50-46-42-39-36-33-30-27-24-22-21-23-25-28-31-34-37-40-44-48-52-56-60-64-75-69(74)63-59-55-51-47-43-16-14-12-10-8-6-4-2/h22,24,57,61,66-67,71-72H,3-21,23,25-56,58-60,62-65H2,1-2H3,(H,70,73)/b24-22-,61-57+. The molecule has 0 heterocycles. The molecule has 0 aliphatic heterocycles. The Morgan fingerprint density at radius 3 is 0.947 bits per heavy atom. The molecule has 0 aromatic carbocycles. The molecule has 0 fully saturated rings. The number of amides is 1. The van der Waals surface area contributed by atoms with Crippen LogP contribution in [0.1, 0.15) is 380 Å². The number of ether oxygens (including phenoxy) is 1. The summed E-state index contributed by atoms with van der Waals surface area (Å²) < 4.78 is 5.48. The average molecular weight is 1060 g/mol. The van der Waals surface area contributed by atoms with Crippen LogP contribution in [0.2, 0.25) is 0 Å². The second-order valence-electron chi connectivity index (χ2n) is 23.5. The highest BCUT2D eigenvalue weighted by molar-refractivity contribution is 5.76. The number of esters is 1. The Balaban J connectivity index is 3.42. The van der Waals surface area contributed by atoms with E-state index in [0.717, 1.165) is 38.5 Å². The van der Waals surface area contributed by atoms with Crippen molar-refractivity contribution in [3.05, 3.63) is 24.3 Å². The van der Waals surface area contributed by atoms with E-state index in [1.807, 2.05) is 6.08 Å². The van der Waals surface area contributed by atoms with Gasteiger partial charge in [-0.15, -0.1) is 0 Å². The van der Waals surface area contributed by atoms with Crippen LogP contribution >= 0.6 is 0 Å². The number of unbranched alkanes of at least 4 members (excludes halogenated alkanes) is 51. The second-order valence-corrected chi connectivity index (χ2v) is 23.5. The molecule has 2 atom stereocenters. The maximum Gasteiger partial charge on any atom is 0.305 e. The fraction of sp³-hybridized carbons (Fsp3) is 0.913. The van der Waals surface area contributed by atoms with Gasteiger partial charge in [0, 0.05) is 12.8 Å². The van der Waals surface area contributed by atoms with E-state index in [-0.39, 0.29) is 18.5 Å². The van der Waals surface area contributed by atoms with Crippen LogP contribution in [-0.4, -0.2) is 47.4 Å². The van der Waals surface area contributed by atoms with Gasteiger partial charge in [-0.05, 0) is 57.8 Å². The van der Waals surface area contributed by atoms with Crippen LogP contribution in [0.15, 0.2) is 24.3 Å². The first-order valence-corrected chi connectivity index (χ1v) is 34.1. The number of aliphatic hydroxyl groups is 2. The molecule has 0 bridgehead atoms. The van der Waals surface area contributed by atoms with Gasteiger partial charge in [-0.1, -0.05) is 334 Å². The van der Waals surface area contributed by atoms with E-state index < -0.39 is 12.1 Å². The van der Waals surface area contributed by atoms with Crippen molar-refractivity contribution in [1.29, 1.82) is 0 Å². The Hall–Kier alpha value is -1.66. The van der Waals surface area contributed by atoms with Crippen LogP contribution < -0.4 is 5.32 Å². The van der Waals surface area contributed by atoms with Gasteiger partial charge in [-0.25, -0.2) is 0 Å². The highest BCUT2D eigenvalue weighted by atomic mass is 16.5. The number of carbonyl (C=O) groups is 2. The van der Waals surface area contributed by atoms with E-state index in [0.29, 0.717) is 19.4 Å². The van der Waals surface area contributed by atoms with Crippen LogP contribution in [0.5, 0.6) is 0 Å². The summed E-state index contributed by atoms with van der Waals surface area (Å²) in [5, 5.41) is 23.2. The summed E-state index contributed by atoms with van der Waals surface area (Å²) in [4.78, 5) is 24.5. The van der Waals surface area contributed by atoms with Crippen LogP contribution in [0.4, 0.5) is 0 Å². The number of allylic oxidation sites excluding steroid dienone is 3. The predicted molar refractivity (Wildman–Crippen MR) is 329 cm³/mol. The van der Waals surface area contributed by atoms with Crippen molar-refractivity contribution in [2.45, 2.75) is 392 Å². The molecule has 0 aromatic rings. The van der Waals surface area contributed by atoms with E-state index in [1.54, 1.807) is 6.08 Å². The van der Waals surface area contributed by atoms with E-state index in [4.69, 9.17) is 4.74 Å². The molecular weight excluding hydrogens is 923 g/mol. The fourth-order valence-corrected chi connectivity index (χ4v) is 10.7. The molecular formula is C69H133NO5. The lowest BCUT2D eigenvalue weighted by Gasteiger charge is -2.20. The Bertz CT molecular complexity index is 1170. The lowest BCUT2D eigenvalue weighted by molar-refractivity contribution is -0.143. The number of carbonyl (C=O) groups excluding carboxylic acids is 2. The number of nitrogens with one attached hydrogen (secondary N) is 1. The van der Waals surface area contributed by atoms with Crippen molar-refractivity contribution >= 4 is 11.9 Å². The first-order valence-electron chi connectivity index (χ1n) is 34.1. The molecule has 75 heavy (non-hydrogen) atoms. The molecule has 6 heteroatoms. The quantitative estimate of drug-likeness (QED) is 0.0320. The lowest BCUT2D eigenvalue weighted by atomic mass is 10.0. The topological polar surface area (TPSA) is 95.9 Å². The molecule has 0 saturated carbocycles. The van der Waals surface area contributed by atoms with Crippen LogP contribution in [-0.2, 0) is 14.3 Å². The molecule has 0 saturated heterocycles. The first kappa shape index (κ1) is 73.3. The zero-order valence-corrected chi connectivity index (χ0v) is 50.8. The van der Waals surface area contributed by atoms with Crippen molar-refractivity contribution in [2.24, 2.45) is 0 Å². The van der Waals surface area contributed by atoms with E-state index in [1.165, 1.54) is 315 Å². The van der Waals surface area contributed by atoms with Crippen molar-refractivity contribution in [3.63, 3.8) is 0 Å². The van der Waals surface area contributed by atoms with Gasteiger partial charge >= 0.3 is 5.97 Å². The monoisotopic (exact) mass is 1060 g/mol. The molecule has 0 rings (SSSR count). The first-order chi connectivity index (χ1) is 37.0. The number of hydrogen-bond donors (Lipinski definition) is 3. The van der Waals surface area contributed by atoms with Crippen LogP contribution in [0, 0.1) is 0 Å². The van der Waals surface area contributed by atoms with Gasteiger partial charge in [0.2, 0.25) is 5.91 Å². The van der Waals surface area contributed by atoms with E-state index in [9.17, 15) is 19.8 Å². The zero-order valence-electron chi connectivity index (χ0n) is 50.8. The maximum atomic E-state index is 12.5. The Morgan fingerprint density at radius 2 is 0.627 bits per heavy atom. The minimum atomic E-state index is -0.847. The smallest absolute Gasteiger partial charge is 0.305 e. The van der Waals surface area contributed by atoms with Crippen molar-refractivity contribution in [2.75, 3.05) is 13.2 Å².